The Morgan fingerprint density at radius 2 is 2.18 bits per heavy atom. The molecule has 6 heteroatoms. The van der Waals surface area contributed by atoms with Gasteiger partial charge in [-0.2, -0.15) is 0 Å². The highest BCUT2D eigenvalue weighted by Gasteiger charge is 2.09. The Bertz CT molecular complexity index is 324. The molecule has 1 rings (SSSR count). The maximum Gasteiger partial charge on any atom is 0.419 e. The number of aliphatic hydroxyl groups is 2. The second-order valence-corrected chi connectivity index (χ2v) is 3.95. The van der Waals surface area contributed by atoms with E-state index < -0.39 is 18.3 Å². The van der Waals surface area contributed by atoms with Crippen LogP contribution in [0.25, 0.3) is 0 Å². The summed E-state index contributed by atoms with van der Waals surface area (Å²) in [6.07, 6.45) is 4.25. The summed E-state index contributed by atoms with van der Waals surface area (Å²) in [5, 5.41) is 18.6. The number of ether oxygens (including phenoxy) is 1. The average molecular weight is 242 g/mol. The van der Waals surface area contributed by atoms with E-state index in [4.69, 9.17) is 9.84 Å². The normalized spacial score (nSPS) is 14.3. The zero-order valence-electron chi connectivity index (χ0n) is 9.82. The second-order valence-electron chi connectivity index (χ2n) is 3.95. The first kappa shape index (κ1) is 13.7. The van der Waals surface area contributed by atoms with Crippen LogP contribution in [-0.2, 0) is 4.74 Å². The lowest BCUT2D eigenvalue weighted by Gasteiger charge is -2.11. The molecule has 2 N–H and O–H groups in total. The summed E-state index contributed by atoms with van der Waals surface area (Å²) in [5.74, 6) is 0. The standard InChI is InChI=1S/C11H18N2O4/c1-9(14)2-3-10(15)4-7-17-11(16)13-6-5-12-8-13/h5-6,8-10,14-15H,2-4,7H2,1H3. The molecule has 2 unspecified atom stereocenters. The molecule has 2 atom stereocenters. The van der Waals surface area contributed by atoms with Gasteiger partial charge in [0.05, 0.1) is 18.8 Å². The van der Waals surface area contributed by atoms with Gasteiger partial charge in [0, 0.05) is 18.8 Å². The highest BCUT2D eigenvalue weighted by Crippen LogP contribution is 2.05. The Morgan fingerprint density at radius 1 is 1.41 bits per heavy atom. The van der Waals surface area contributed by atoms with Crippen molar-refractivity contribution in [1.29, 1.82) is 0 Å². The summed E-state index contributed by atoms with van der Waals surface area (Å²) in [4.78, 5) is 15.1. The van der Waals surface area contributed by atoms with Crippen molar-refractivity contribution in [2.24, 2.45) is 0 Å². The quantitative estimate of drug-likeness (QED) is 0.770. The van der Waals surface area contributed by atoms with Gasteiger partial charge in [-0.1, -0.05) is 0 Å². The lowest BCUT2D eigenvalue weighted by molar-refractivity contribution is 0.0872. The smallest absolute Gasteiger partial charge is 0.419 e. The van der Waals surface area contributed by atoms with E-state index >= 15 is 0 Å². The molecule has 0 radical (unpaired) electrons. The molecule has 0 aliphatic heterocycles. The van der Waals surface area contributed by atoms with Crippen molar-refractivity contribution in [2.45, 2.75) is 38.4 Å². The number of hydrogen-bond acceptors (Lipinski definition) is 5. The van der Waals surface area contributed by atoms with Crippen LogP contribution in [0.2, 0.25) is 0 Å². The topological polar surface area (TPSA) is 84.6 Å². The molecule has 1 heterocycles. The van der Waals surface area contributed by atoms with Crippen molar-refractivity contribution >= 4 is 6.09 Å². The fraction of sp³-hybridized carbons (Fsp3) is 0.636. The summed E-state index contributed by atoms with van der Waals surface area (Å²) < 4.78 is 6.15. The summed E-state index contributed by atoms with van der Waals surface area (Å²) in [7, 11) is 0. The third-order valence-corrected chi connectivity index (χ3v) is 2.31. The number of rotatable bonds is 6. The van der Waals surface area contributed by atoms with E-state index in [1.165, 1.54) is 23.3 Å². The largest absolute Gasteiger partial charge is 0.449 e. The zero-order chi connectivity index (χ0) is 12.7. The van der Waals surface area contributed by atoms with Crippen LogP contribution in [0, 0.1) is 0 Å². The van der Waals surface area contributed by atoms with Gasteiger partial charge in [-0.3, -0.25) is 0 Å². The van der Waals surface area contributed by atoms with E-state index in [1.54, 1.807) is 6.92 Å². The molecule has 0 aliphatic rings. The summed E-state index contributed by atoms with van der Waals surface area (Å²) >= 11 is 0. The molecule has 0 amide bonds. The Kier molecular flexibility index (Phi) is 5.65. The molecule has 0 aliphatic carbocycles. The minimum atomic E-state index is -0.555. The SMILES string of the molecule is CC(O)CCC(O)CCOC(=O)n1ccnc1. The van der Waals surface area contributed by atoms with Crippen LogP contribution < -0.4 is 0 Å². The van der Waals surface area contributed by atoms with Gasteiger partial charge in [-0.25, -0.2) is 14.3 Å². The molecule has 0 spiro atoms. The molecule has 1 aromatic rings. The van der Waals surface area contributed by atoms with Crippen molar-refractivity contribution in [3.8, 4) is 0 Å². The van der Waals surface area contributed by atoms with Gasteiger partial charge in [-0.05, 0) is 19.8 Å². The number of hydrogen-bond donors (Lipinski definition) is 2. The lowest BCUT2D eigenvalue weighted by Crippen LogP contribution is -2.17. The molecule has 17 heavy (non-hydrogen) atoms. The molecule has 0 aromatic carbocycles. The number of aromatic nitrogens is 2. The zero-order valence-corrected chi connectivity index (χ0v) is 9.82. The predicted octanol–water partition coefficient (Wildman–Crippen LogP) is 0.780. The highest BCUT2D eigenvalue weighted by molar-refractivity contribution is 5.69. The number of carbonyl (C=O) groups is 1. The molecule has 0 saturated carbocycles. The van der Waals surface area contributed by atoms with Gasteiger partial charge in [0.1, 0.15) is 6.33 Å². The maximum absolute atomic E-state index is 11.3. The molecule has 0 fully saturated rings. The number of aliphatic hydroxyl groups excluding tert-OH is 2. The first-order valence-electron chi connectivity index (χ1n) is 5.61. The Morgan fingerprint density at radius 3 is 2.76 bits per heavy atom. The van der Waals surface area contributed by atoms with E-state index in [-0.39, 0.29) is 6.61 Å². The molecule has 0 saturated heterocycles. The summed E-state index contributed by atoms with van der Waals surface area (Å²) in [6.45, 7) is 1.82. The minimum absolute atomic E-state index is 0.151. The van der Waals surface area contributed by atoms with Crippen LogP contribution in [-0.4, -0.2) is 44.7 Å². The predicted molar refractivity (Wildman–Crippen MR) is 60.5 cm³/mol. The van der Waals surface area contributed by atoms with E-state index in [0.29, 0.717) is 19.3 Å². The van der Waals surface area contributed by atoms with Crippen molar-refractivity contribution in [3.05, 3.63) is 18.7 Å². The molecular formula is C11H18N2O4. The first-order valence-corrected chi connectivity index (χ1v) is 5.61. The van der Waals surface area contributed by atoms with Crippen LogP contribution in [0.1, 0.15) is 26.2 Å². The van der Waals surface area contributed by atoms with E-state index in [0.717, 1.165) is 0 Å². The van der Waals surface area contributed by atoms with Crippen molar-refractivity contribution < 1.29 is 19.7 Å². The first-order chi connectivity index (χ1) is 8.09. The van der Waals surface area contributed by atoms with Crippen LogP contribution in [0.4, 0.5) is 4.79 Å². The molecule has 6 nitrogen and oxygen atoms in total. The van der Waals surface area contributed by atoms with Crippen LogP contribution in [0.5, 0.6) is 0 Å². The van der Waals surface area contributed by atoms with Gasteiger partial charge >= 0.3 is 6.09 Å². The third-order valence-electron chi connectivity index (χ3n) is 2.31. The highest BCUT2D eigenvalue weighted by atomic mass is 16.5. The fourth-order valence-electron chi connectivity index (χ4n) is 1.30. The van der Waals surface area contributed by atoms with E-state index in [2.05, 4.69) is 4.98 Å². The fourth-order valence-corrected chi connectivity index (χ4v) is 1.30. The molecule has 1 aromatic heterocycles. The minimum Gasteiger partial charge on any atom is -0.449 e. The third kappa shape index (κ3) is 5.46. The van der Waals surface area contributed by atoms with E-state index in [1.807, 2.05) is 0 Å². The maximum atomic E-state index is 11.3. The van der Waals surface area contributed by atoms with Crippen LogP contribution in [0.3, 0.4) is 0 Å². The second kappa shape index (κ2) is 7.03. The van der Waals surface area contributed by atoms with Gasteiger partial charge < -0.3 is 14.9 Å². The number of carbonyl (C=O) groups excluding carboxylic acids is 1. The molecule has 96 valence electrons. The van der Waals surface area contributed by atoms with Gasteiger partial charge in [0.25, 0.3) is 0 Å². The molecule has 0 bridgehead atoms. The van der Waals surface area contributed by atoms with Gasteiger partial charge in [-0.15, -0.1) is 0 Å². The van der Waals surface area contributed by atoms with Crippen molar-refractivity contribution in [3.63, 3.8) is 0 Å². The molecular weight excluding hydrogens is 224 g/mol. The van der Waals surface area contributed by atoms with Crippen LogP contribution in [0.15, 0.2) is 18.7 Å². The monoisotopic (exact) mass is 242 g/mol. The van der Waals surface area contributed by atoms with Crippen molar-refractivity contribution in [2.75, 3.05) is 6.61 Å². The summed E-state index contributed by atoms with van der Waals surface area (Å²) in [5.41, 5.74) is 0. The van der Waals surface area contributed by atoms with E-state index in [9.17, 15) is 9.90 Å². The number of imidazole rings is 1. The Labute approximate surface area is 99.9 Å². The Hall–Kier alpha value is -1.40. The average Bonchev–Trinajstić information content (AvgIpc) is 2.79. The lowest BCUT2D eigenvalue weighted by atomic mass is 10.1. The number of nitrogens with zero attached hydrogens (tertiary/aromatic N) is 2. The van der Waals surface area contributed by atoms with Crippen LogP contribution >= 0.6 is 0 Å². The summed E-state index contributed by atoms with van der Waals surface area (Å²) in [6, 6.07) is 0. The van der Waals surface area contributed by atoms with Gasteiger partial charge in [0.15, 0.2) is 0 Å². The van der Waals surface area contributed by atoms with Crippen molar-refractivity contribution in [1.82, 2.24) is 9.55 Å². The Balaban J connectivity index is 2.13. The van der Waals surface area contributed by atoms with Gasteiger partial charge in [0.2, 0.25) is 0 Å².